The Morgan fingerprint density at radius 3 is 3.11 bits per heavy atom. The summed E-state index contributed by atoms with van der Waals surface area (Å²) in [5.41, 5.74) is 0.600. The summed E-state index contributed by atoms with van der Waals surface area (Å²) in [6.45, 7) is 1.02. The Balaban J connectivity index is 1.74. The molecule has 0 spiro atoms. The average Bonchev–Trinajstić information content (AvgIpc) is 2.89. The van der Waals surface area contributed by atoms with Crippen LogP contribution in [0.3, 0.4) is 0 Å². The molecule has 1 aliphatic heterocycles. The topological polar surface area (TPSA) is 71.2 Å². The molecule has 2 heterocycles. The first kappa shape index (κ1) is 12.5. The number of para-hydroxylation sites is 1. The number of aromatic hydroxyl groups is 1. The van der Waals surface area contributed by atoms with E-state index in [1.165, 1.54) is 0 Å². The Kier molecular flexibility index (Phi) is 3.70. The molecule has 5 nitrogen and oxygen atoms in total. The van der Waals surface area contributed by atoms with Crippen molar-refractivity contribution in [2.75, 3.05) is 18.1 Å². The number of rotatable bonds is 3. The van der Waals surface area contributed by atoms with Crippen LogP contribution in [0.1, 0.15) is 5.89 Å². The third-order valence-corrected chi connectivity index (χ3v) is 4.16. The van der Waals surface area contributed by atoms with E-state index >= 15 is 0 Å². The highest BCUT2D eigenvalue weighted by Gasteiger charge is 2.18. The molecule has 1 atom stereocenters. The van der Waals surface area contributed by atoms with Crippen LogP contribution < -0.4 is 5.32 Å². The monoisotopic (exact) mass is 277 g/mol. The van der Waals surface area contributed by atoms with Crippen molar-refractivity contribution in [1.82, 2.24) is 15.5 Å². The van der Waals surface area contributed by atoms with Crippen LogP contribution in [0.5, 0.6) is 5.75 Å². The molecule has 2 aromatic rings. The van der Waals surface area contributed by atoms with E-state index in [-0.39, 0.29) is 5.75 Å². The second-order valence-corrected chi connectivity index (χ2v) is 5.61. The van der Waals surface area contributed by atoms with Gasteiger partial charge in [-0.1, -0.05) is 17.3 Å². The Labute approximate surface area is 115 Å². The fourth-order valence-corrected chi connectivity index (χ4v) is 3.02. The molecule has 19 heavy (non-hydrogen) atoms. The van der Waals surface area contributed by atoms with Gasteiger partial charge in [0.05, 0.1) is 5.56 Å². The van der Waals surface area contributed by atoms with Gasteiger partial charge in [0.2, 0.25) is 11.7 Å². The Morgan fingerprint density at radius 1 is 1.42 bits per heavy atom. The third kappa shape index (κ3) is 2.90. The number of hydrogen-bond donors (Lipinski definition) is 2. The Bertz CT molecular complexity index is 552. The van der Waals surface area contributed by atoms with Gasteiger partial charge in [0.15, 0.2) is 0 Å². The van der Waals surface area contributed by atoms with Crippen LogP contribution in [-0.2, 0) is 6.42 Å². The minimum Gasteiger partial charge on any atom is -0.507 e. The fraction of sp³-hybridized carbons (Fsp3) is 0.385. The van der Waals surface area contributed by atoms with Gasteiger partial charge in [0, 0.05) is 30.5 Å². The summed E-state index contributed by atoms with van der Waals surface area (Å²) in [6, 6.07) is 7.38. The van der Waals surface area contributed by atoms with E-state index in [0.717, 1.165) is 24.5 Å². The summed E-state index contributed by atoms with van der Waals surface area (Å²) < 4.78 is 5.26. The number of hydrogen-bond acceptors (Lipinski definition) is 6. The first-order chi connectivity index (χ1) is 9.33. The first-order valence-corrected chi connectivity index (χ1v) is 7.40. The number of phenols is 1. The SMILES string of the molecule is Oc1ccccc1-c1noc(CC2CSCCN2)n1. The summed E-state index contributed by atoms with van der Waals surface area (Å²) in [5, 5.41) is 17.1. The van der Waals surface area contributed by atoms with Gasteiger partial charge in [0.25, 0.3) is 0 Å². The van der Waals surface area contributed by atoms with Gasteiger partial charge in [0.1, 0.15) is 5.75 Å². The van der Waals surface area contributed by atoms with Crippen molar-refractivity contribution in [2.24, 2.45) is 0 Å². The molecule has 0 bridgehead atoms. The maximum atomic E-state index is 9.76. The average molecular weight is 277 g/mol. The molecule has 1 fully saturated rings. The molecule has 1 aromatic heterocycles. The van der Waals surface area contributed by atoms with Crippen molar-refractivity contribution in [3.63, 3.8) is 0 Å². The molecule has 0 radical (unpaired) electrons. The number of phenolic OH excluding ortho intramolecular Hbond substituents is 1. The van der Waals surface area contributed by atoms with E-state index < -0.39 is 0 Å². The highest BCUT2D eigenvalue weighted by atomic mass is 32.2. The predicted octanol–water partition coefficient (Wildman–Crippen LogP) is 1.69. The zero-order valence-electron chi connectivity index (χ0n) is 10.4. The minimum atomic E-state index is 0.168. The molecule has 0 aliphatic carbocycles. The summed E-state index contributed by atoms with van der Waals surface area (Å²) in [7, 11) is 0. The zero-order valence-corrected chi connectivity index (χ0v) is 11.2. The minimum absolute atomic E-state index is 0.168. The van der Waals surface area contributed by atoms with Crippen molar-refractivity contribution in [3.8, 4) is 17.1 Å². The summed E-state index contributed by atoms with van der Waals surface area (Å²) in [4.78, 5) is 4.35. The summed E-state index contributed by atoms with van der Waals surface area (Å²) >= 11 is 1.94. The molecule has 2 N–H and O–H groups in total. The van der Waals surface area contributed by atoms with E-state index in [1.807, 2.05) is 17.8 Å². The second-order valence-electron chi connectivity index (χ2n) is 4.46. The highest BCUT2D eigenvalue weighted by Crippen LogP contribution is 2.26. The molecule has 1 saturated heterocycles. The standard InChI is InChI=1S/C13H15N3O2S/c17-11-4-2-1-3-10(11)13-15-12(18-16-13)7-9-8-19-6-5-14-9/h1-4,9,14,17H,5-8H2. The molecule has 1 aromatic carbocycles. The molecule has 0 saturated carbocycles. The lowest BCUT2D eigenvalue weighted by Crippen LogP contribution is -2.38. The molecule has 6 heteroatoms. The van der Waals surface area contributed by atoms with E-state index in [1.54, 1.807) is 18.2 Å². The quantitative estimate of drug-likeness (QED) is 0.889. The van der Waals surface area contributed by atoms with Crippen LogP contribution in [0.2, 0.25) is 0 Å². The lowest BCUT2D eigenvalue weighted by molar-refractivity contribution is 0.363. The molecule has 0 amide bonds. The van der Waals surface area contributed by atoms with E-state index in [0.29, 0.717) is 23.3 Å². The van der Waals surface area contributed by atoms with E-state index in [2.05, 4.69) is 15.5 Å². The van der Waals surface area contributed by atoms with Crippen molar-refractivity contribution in [3.05, 3.63) is 30.2 Å². The highest BCUT2D eigenvalue weighted by molar-refractivity contribution is 7.99. The van der Waals surface area contributed by atoms with Crippen LogP contribution in [0.4, 0.5) is 0 Å². The normalized spacial score (nSPS) is 19.5. The Morgan fingerprint density at radius 2 is 2.32 bits per heavy atom. The van der Waals surface area contributed by atoms with Crippen molar-refractivity contribution < 1.29 is 9.63 Å². The second kappa shape index (κ2) is 5.63. The van der Waals surface area contributed by atoms with Gasteiger partial charge in [-0.25, -0.2) is 0 Å². The number of nitrogens with one attached hydrogen (secondary N) is 1. The predicted molar refractivity (Wildman–Crippen MR) is 74.2 cm³/mol. The van der Waals surface area contributed by atoms with Gasteiger partial charge in [-0.05, 0) is 12.1 Å². The van der Waals surface area contributed by atoms with E-state index in [4.69, 9.17) is 4.52 Å². The molecule has 1 unspecified atom stereocenters. The van der Waals surface area contributed by atoms with Gasteiger partial charge < -0.3 is 14.9 Å². The number of benzene rings is 1. The molecular weight excluding hydrogens is 262 g/mol. The largest absolute Gasteiger partial charge is 0.507 e. The van der Waals surface area contributed by atoms with Crippen molar-refractivity contribution >= 4 is 11.8 Å². The number of thioether (sulfide) groups is 1. The van der Waals surface area contributed by atoms with Crippen LogP contribution in [0.15, 0.2) is 28.8 Å². The van der Waals surface area contributed by atoms with Crippen LogP contribution in [-0.4, -0.2) is 39.3 Å². The van der Waals surface area contributed by atoms with Gasteiger partial charge in [-0.2, -0.15) is 16.7 Å². The maximum absolute atomic E-state index is 9.76. The van der Waals surface area contributed by atoms with Crippen molar-refractivity contribution in [1.29, 1.82) is 0 Å². The smallest absolute Gasteiger partial charge is 0.228 e. The number of nitrogens with zero attached hydrogens (tertiary/aromatic N) is 2. The van der Waals surface area contributed by atoms with Gasteiger partial charge in [-0.3, -0.25) is 0 Å². The van der Waals surface area contributed by atoms with E-state index in [9.17, 15) is 5.11 Å². The van der Waals surface area contributed by atoms with Crippen LogP contribution in [0, 0.1) is 0 Å². The lowest BCUT2D eigenvalue weighted by Gasteiger charge is -2.21. The first-order valence-electron chi connectivity index (χ1n) is 6.25. The lowest BCUT2D eigenvalue weighted by atomic mass is 10.2. The Hall–Kier alpha value is -1.53. The maximum Gasteiger partial charge on any atom is 0.228 e. The molecular formula is C13H15N3O2S. The van der Waals surface area contributed by atoms with Gasteiger partial charge >= 0.3 is 0 Å². The van der Waals surface area contributed by atoms with Crippen molar-refractivity contribution in [2.45, 2.75) is 12.5 Å². The van der Waals surface area contributed by atoms with Crippen LogP contribution >= 0.6 is 11.8 Å². The van der Waals surface area contributed by atoms with Gasteiger partial charge in [-0.15, -0.1) is 0 Å². The van der Waals surface area contributed by atoms with Crippen LogP contribution in [0.25, 0.3) is 11.4 Å². The fourth-order valence-electron chi connectivity index (χ4n) is 2.07. The third-order valence-electron chi connectivity index (χ3n) is 3.03. The number of aromatic nitrogens is 2. The summed E-state index contributed by atoms with van der Waals surface area (Å²) in [6.07, 6.45) is 0.730. The zero-order chi connectivity index (χ0) is 13.1. The molecule has 3 rings (SSSR count). The molecule has 100 valence electrons. The summed E-state index contributed by atoms with van der Waals surface area (Å²) in [5.74, 6) is 3.44. The molecule has 1 aliphatic rings.